The topological polar surface area (TPSA) is 53.4 Å². The molecule has 0 fully saturated rings. The number of hydrogen-bond donors (Lipinski definition) is 2. The maximum Gasteiger partial charge on any atom is 0.118 e. The van der Waals surface area contributed by atoms with Crippen molar-refractivity contribution in [3.05, 3.63) is 16.6 Å². The van der Waals surface area contributed by atoms with Crippen molar-refractivity contribution in [2.45, 2.75) is 32.5 Å². The molecule has 4 heteroatoms. The fourth-order valence-electron chi connectivity index (χ4n) is 0.860. The van der Waals surface area contributed by atoms with Crippen LogP contribution in [0.1, 0.15) is 30.5 Å². The average molecular weight is 187 g/mol. The van der Waals surface area contributed by atoms with E-state index >= 15 is 0 Å². The first-order chi connectivity index (χ1) is 5.41. The van der Waals surface area contributed by atoms with E-state index in [-0.39, 0.29) is 0 Å². The quantitative estimate of drug-likeness (QED) is 0.732. The molecule has 0 aliphatic heterocycles. The van der Waals surface area contributed by atoms with Crippen LogP contribution in [-0.4, -0.2) is 20.2 Å². The highest BCUT2D eigenvalue weighted by atomic mass is 32.1. The molecule has 1 unspecified atom stereocenters. The van der Waals surface area contributed by atoms with Crippen molar-refractivity contribution >= 4 is 11.5 Å². The first-order valence-corrected chi connectivity index (χ1v) is 4.52. The maximum atomic E-state index is 9.59. The Morgan fingerprint density at radius 2 is 2.17 bits per heavy atom. The van der Waals surface area contributed by atoms with Crippen molar-refractivity contribution in [1.29, 1.82) is 0 Å². The third-order valence-corrected chi connectivity index (χ3v) is 2.52. The Labute approximate surface area is 75.8 Å². The summed E-state index contributed by atoms with van der Waals surface area (Å²) < 4.78 is 4.02. The highest BCUT2D eigenvalue weighted by Crippen LogP contribution is 2.28. The summed E-state index contributed by atoms with van der Waals surface area (Å²) in [6.45, 7) is 5.01. The van der Waals surface area contributed by atoms with Gasteiger partial charge < -0.3 is 10.2 Å². The van der Waals surface area contributed by atoms with Crippen LogP contribution in [0.5, 0.6) is 0 Å². The van der Waals surface area contributed by atoms with Crippen molar-refractivity contribution < 1.29 is 10.2 Å². The van der Waals surface area contributed by atoms with Gasteiger partial charge in [-0.15, -0.1) is 0 Å². The highest BCUT2D eigenvalue weighted by Gasteiger charge is 2.27. The molecule has 0 spiro atoms. The summed E-state index contributed by atoms with van der Waals surface area (Å²) in [6.07, 6.45) is -0.844. The Balaban J connectivity index is 2.85. The standard InChI is InChI=1S/C8H13NO2S/c1-5-4-6(12-9-5)7(10)8(2,3)11/h4,7,10-11H,1-3H3. The lowest BCUT2D eigenvalue weighted by molar-refractivity contribution is -0.0478. The molecule has 0 saturated carbocycles. The number of aryl methyl sites for hydroxylation is 1. The zero-order valence-corrected chi connectivity index (χ0v) is 8.22. The lowest BCUT2D eigenvalue weighted by Crippen LogP contribution is -2.27. The molecule has 0 aromatic carbocycles. The Kier molecular flexibility index (Phi) is 2.51. The number of aliphatic hydroxyl groups is 2. The third-order valence-electron chi connectivity index (χ3n) is 1.58. The summed E-state index contributed by atoms with van der Waals surface area (Å²) >= 11 is 1.22. The average Bonchev–Trinajstić information content (AvgIpc) is 2.32. The molecule has 1 atom stereocenters. The van der Waals surface area contributed by atoms with E-state index in [1.54, 1.807) is 19.9 Å². The maximum absolute atomic E-state index is 9.59. The molecule has 68 valence electrons. The number of hydrogen-bond acceptors (Lipinski definition) is 4. The molecule has 2 N–H and O–H groups in total. The molecule has 0 saturated heterocycles. The van der Waals surface area contributed by atoms with E-state index in [4.69, 9.17) is 0 Å². The van der Waals surface area contributed by atoms with E-state index in [1.165, 1.54) is 11.5 Å². The molecule has 1 rings (SSSR count). The Morgan fingerprint density at radius 1 is 1.58 bits per heavy atom. The summed E-state index contributed by atoms with van der Waals surface area (Å²) in [5.41, 5.74) is -0.225. The first-order valence-electron chi connectivity index (χ1n) is 3.75. The fourth-order valence-corrected chi connectivity index (χ4v) is 1.77. The van der Waals surface area contributed by atoms with Gasteiger partial charge in [0.05, 0.1) is 16.2 Å². The van der Waals surface area contributed by atoms with Gasteiger partial charge in [0.25, 0.3) is 0 Å². The van der Waals surface area contributed by atoms with Gasteiger partial charge in [-0.2, -0.15) is 4.37 Å². The van der Waals surface area contributed by atoms with Crippen LogP contribution in [0.25, 0.3) is 0 Å². The summed E-state index contributed by atoms with van der Waals surface area (Å²) in [5.74, 6) is 0. The molecule has 0 radical (unpaired) electrons. The van der Waals surface area contributed by atoms with Gasteiger partial charge in [0, 0.05) is 0 Å². The molecule has 1 aromatic rings. The van der Waals surface area contributed by atoms with Crippen molar-refractivity contribution in [2.24, 2.45) is 0 Å². The molecule has 0 aliphatic rings. The summed E-state index contributed by atoms with van der Waals surface area (Å²) in [7, 11) is 0. The van der Waals surface area contributed by atoms with Crippen LogP contribution in [0.4, 0.5) is 0 Å². The molecule has 1 aromatic heterocycles. The lowest BCUT2D eigenvalue weighted by atomic mass is 10.0. The van der Waals surface area contributed by atoms with Gasteiger partial charge in [-0.05, 0) is 38.4 Å². The number of rotatable bonds is 2. The Morgan fingerprint density at radius 3 is 2.50 bits per heavy atom. The van der Waals surface area contributed by atoms with E-state index in [0.717, 1.165) is 5.69 Å². The predicted molar refractivity (Wildman–Crippen MR) is 48.1 cm³/mol. The monoisotopic (exact) mass is 187 g/mol. The zero-order valence-electron chi connectivity index (χ0n) is 7.40. The minimum Gasteiger partial charge on any atom is -0.387 e. The van der Waals surface area contributed by atoms with Crippen LogP contribution in [0.15, 0.2) is 6.07 Å². The van der Waals surface area contributed by atoms with E-state index in [9.17, 15) is 10.2 Å². The Hall–Kier alpha value is -0.450. The number of aliphatic hydroxyl groups excluding tert-OH is 1. The van der Waals surface area contributed by atoms with Crippen molar-refractivity contribution in [3.8, 4) is 0 Å². The second kappa shape index (κ2) is 3.12. The van der Waals surface area contributed by atoms with Crippen molar-refractivity contribution in [2.75, 3.05) is 0 Å². The van der Waals surface area contributed by atoms with Crippen molar-refractivity contribution in [3.63, 3.8) is 0 Å². The molecule has 0 amide bonds. The number of nitrogens with zero attached hydrogens (tertiary/aromatic N) is 1. The van der Waals surface area contributed by atoms with E-state index < -0.39 is 11.7 Å². The summed E-state index contributed by atoms with van der Waals surface area (Å²) in [5, 5.41) is 19.1. The number of aromatic nitrogens is 1. The van der Waals surface area contributed by atoms with Gasteiger partial charge in [-0.25, -0.2) is 0 Å². The van der Waals surface area contributed by atoms with Gasteiger partial charge in [0.15, 0.2) is 0 Å². The van der Waals surface area contributed by atoms with Crippen molar-refractivity contribution in [1.82, 2.24) is 4.37 Å². The van der Waals surface area contributed by atoms with E-state index in [1.807, 2.05) is 6.92 Å². The van der Waals surface area contributed by atoms with Gasteiger partial charge in [0.1, 0.15) is 6.10 Å². The second-order valence-corrected chi connectivity index (χ2v) is 4.26. The second-order valence-electron chi connectivity index (χ2n) is 3.43. The SMILES string of the molecule is Cc1cc(C(O)C(C)(C)O)sn1. The molecule has 12 heavy (non-hydrogen) atoms. The third kappa shape index (κ3) is 2.03. The van der Waals surface area contributed by atoms with Gasteiger partial charge >= 0.3 is 0 Å². The molecule has 1 heterocycles. The summed E-state index contributed by atoms with van der Waals surface area (Å²) in [4.78, 5) is 0.708. The minimum atomic E-state index is -1.10. The molecule has 0 bridgehead atoms. The van der Waals surface area contributed by atoms with Gasteiger partial charge in [0.2, 0.25) is 0 Å². The van der Waals surface area contributed by atoms with Crippen LogP contribution in [0, 0.1) is 6.92 Å². The molecular weight excluding hydrogens is 174 g/mol. The van der Waals surface area contributed by atoms with E-state index in [2.05, 4.69) is 4.37 Å². The zero-order chi connectivity index (χ0) is 9.35. The van der Waals surface area contributed by atoms with E-state index in [0.29, 0.717) is 4.88 Å². The molecular formula is C8H13NO2S. The smallest absolute Gasteiger partial charge is 0.118 e. The predicted octanol–water partition coefficient (Wildman–Crippen LogP) is 1.26. The first kappa shape index (κ1) is 9.64. The largest absolute Gasteiger partial charge is 0.387 e. The van der Waals surface area contributed by atoms with Crippen LogP contribution >= 0.6 is 11.5 Å². The molecule has 3 nitrogen and oxygen atoms in total. The normalized spacial score (nSPS) is 14.8. The fraction of sp³-hybridized carbons (Fsp3) is 0.625. The van der Waals surface area contributed by atoms with Gasteiger partial charge in [-0.1, -0.05) is 0 Å². The summed E-state index contributed by atoms with van der Waals surface area (Å²) in [6, 6.07) is 1.79. The lowest BCUT2D eigenvalue weighted by Gasteiger charge is -2.22. The van der Waals surface area contributed by atoms with Crippen LogP contribution in [0.2, 0.25) is 0 Å². The van der Waals surface area contributed by atoms with Gasteiger partial charge in [-0.3, -0.25) is 0 Å². The van der Waals surface area contributed by atoms with Crippen LogP contribution in [-0.2, 0) is 0 Å². The van der Waals surface area contributed by atoms with Crippen LogP contribution in [0.3, 0.4) is 0 Å². The minimum absolute atomic E-state index is 0.708. The van der Waals surface area contributed by atoms with Crippen LogP contribution < -0.4 is 0 Å². The molecule has 0 aliphatic carbocycles. The Bertz CT molecular complexity index is 264. The highest BCUT2D eigenvalue weighted by molar-refractivity contribution is 7.05.